The number of likely N-dealkylation sites (tertiary alicyclic amines) is 1. The maximum atomic E-state index is 13.1. The van der Waals surface area contributed by atoms with Crippen molar-refractivity contribution in [2.75, 3.05) is 6.54 Å². The first-order valence-corrected chi connectivity index (χ1v) is 9.08. The van der Waals surface area contributed by atoms with E-state index in [0.29, 0.717) is 23.7 Å². The van der Waals surface area contributed by atoms with E-state index >= 15 is 0 Å². The van der Waals surface area contributed by atoms with Crippen LogP contribution in [0.15, 0.2) is 45.4 Å². The Labute approximate surface area is 155 Å². The van der Waals surface area contributed by atoms with Crippen LogP contribution in [0.5, 0.6) is 0 Å². The molecule has 1 aliphatic rings. The molecule has 1 saturated heterocycles. The summed E-state index contributed by atoms with van der Waals surface area (Å²) in [4.78, 5) is 14.7. The standard InChI is InChI=1S/C20H20FN3O3/c1-13-11-19(27-22-13)20(25)24-10-4-2-3-5-17(24)16-12-18(26-23-16)14-6-8-15(21)9-7-14/h6-9,11-12,17H,2-5,10H2,1H3/t17-/m1/s1. The zero-order valence-electron chi connectivity index (χ0n) is 15.0. The third-order valence-electron chi connectivity index (χ3n) is 4.85. The normalized spacial score (nSPS) is 17.7. The number of hydrogen-bond donors (Lipinski definition) is 0. The summed E-state index contributed by atoms with van der Waals surface area (Å²) in [6.45, 7) is 2.41. The molecule has 0 spiro atoms. The molecule has 2 aromatic heterocycles. The lowest BCUT2D eigenvalue weighted by atomic mass is 10.0. The van der Waals surface area contributed by atoms with E-state index < -0.39 is 0 Å². The maximum absolute atomic E-state index is 13.1. The Bertz CT molecular complexity index is 932. The number of aryl methyl sites for hydroxylation is 1. The first-order valence-electron chi connectivity index (χ1n) is 9.08. The van der Waals surface area contributed by atoms with Gasteiger partial charge in [0, 0.05) is 24.2 Å². The van der Waals surface area contributed by atoms with Gasteiger partial charge in [0.2, 0.25) is 5.76 Å². The minimum atomic E-state index is -0.304. The van der Waals surface area contributed by atoms with Gasteiger partial charge in [-0.25, -0.2) is 4.39 Å². The molecule has 3 aromatic rings. The van der Waals surface area contributed by atoms with Crippen molar-refractivity contribution in [3.63, 3.8) is 0 Å². The van der Waals surface area contributed by atoms with Crippen LogP contribution in [0.2, 0.25) is 0 Å². The number of hydrogen-bond acceptors (Lipinski definition) is 5. The van der Waals surface area contributed by atoms with Crippen molar-refractivity contribution in [3.8, 4) is 11.3 Å². The van der Waals surface area contributed by atoms with E-state index in [2.05, 4.69) is 10.3 Å². The average molecular weight is 369 g/mol. The van der Waals surface area contributed by atoms with Crippen molar-refractivity contribution in [2.45, 2.75) is 38.6 Å². The molecular formula is C20H20FN3O3. The van der Waals surface area contributed by atoms with E-state index in [-0.39, 0.29) is 23.5 Å². The highest BCUT2D eigenvalue weighted by atomic mass is 19.1. The van der Waals surface area contributed by atoms with Crippen molar-refractivity contribution >= 4 is 5.91 Å². The Morgan fingerprint density at radius 3 is 2.67 bits per heavy atom. The number of nitrogens with zero attached hydrogens (tertiary/aromatic N) is 3. The molecule has 1 aromatic carbocycles. The summed E-state index contributed by atoms with van der Waals surface area (Å²) < 4.78 is 23.8. The minimum Gasteiger partial charge on any atom is -0.356 e. The van der Waals surface area contributed by atoms with Crippen LogP contribution in [0.3, 0.4) is 0 Å². The van der Waals surface area contributed by atoms with E-state index in [0.717, 1.165) is 31.2 Å². The van der Waals surface area contributed by atoms with Gasteiger partial charge in [-0.3, -0.25) is 4.79 Å². The lowest BCUT2D eigenvalue weighted by Gasteiger charge is -2.27. The van der Waals surface area contributed by atoms with Crippen LogP contribution in [0, 0.1) is 12.7 Å². The Kier molecular flexibility index (Phi) is 4.75. The molecule has 0 radical (unpaired) electrons. The smallest absolute Gasteiger partial charge is 0.293 e. The molecule has 27 heavy (non-hydrogen) atoms. The predicted molar refractivity (Wildman–Crippen MR) is 95.4 cm³/mol. The fourth-order valence-electron chi connectivity index (χ4n) is 3.46. The molecule has 0 bridgehead atoms. The van der Waals surface area contributed by atoms with Crippen LogP contribution in [0.4, 0.5) is 4.39 Å². The quantitative estimate of drug-likeness (QED) is 0.678. The molecular weight excluding hydrogens is 349 g/mol. The fourth-order valence-corrected chi connectivity index (χ4v) is 3.46. The Morgan fingerprint density at radius 1 is 1.11 bits per heavy atom. The van der Waals surface area contributed by atoms with E-state index in [1.54, 1.807) is 30.0 Å². The molecule has 0 N–H and O–H groups in total. The Balaban J connectivity index is 1.63. The topological polar surface area (TPSA) is 72.4 Å². The third-order valence-corrected chi connectivity index (χ3v) is 4.85. The van der Waals surface area contributed by atoms with Crippen LogP contribution in [0.1, 0.15) is 53.7 Å². The number of amides is 1. The average Bonchev–Trinajstić information content (AvgIpc) is 3.25. The summed E-state index contributed by atoms with van der Waals surface area (Å²) in [6, 6.07) is 9.34. The highest BCUT2D eigenvalue weighted by molar-refractivity contribution is 5.91. The second-order valence-corrected chi connectivity index (χ2v) is 6.82. The van der Waals surface area contributed by atoms with Gasteiger partial charge in [0.05, 0.1) is 11.7 Å². The number of rotatable bonds is 3. The van der Waals surface area contributed by atoms with Gasteiger partial charge in [-0.2, -0.15) is 0 Å². The molecule has 0 saturated carbocycles. The number of aromatic nitrogens is 2. The number of carbonyl (C=O) groups is 1. The summed E-state index contributed by atoms with van der Waals surface area (Å²) in [5.41, 5.74) is 2.11. The molecule has 1 fully saturated rings. The molecule has 6 nitrogen and oxygen atoms in total. The molecule has 1 amide bonds. The molecule has 140 valence electrons. The summed E-state index contributed by atoms with van der Waals surface area (Å²) in [5, 5.41) is 8.02. The van der Waals surface area contributed by atoms with Gasteiger partial charge in [0.15, 0.2) is 5.76 Å². The van der Waals surface area contributed by atoms with Crippen molar-refractivity contribution in [1.82, 2.24) is 15.2 Å². The molecule has 0 aliphatic carbocycles. The molecule has 3 heterocycles. The molecule has 7 heteroatoms. The highest BCUT2D eigenvalue weighted by Crippen LogP contribution is 2.33. The lowest BCUT2D eigenvalue weighted by molar-refractivity contribution is 0.0631. The number of benzene rings is 1. The van der Waals surface area contributed by atoms with Gasteiger partial charge >= 0.3 is 0 Å². The van der Waals surface area contributed by atoms with Crippen LogP contribution in [-0.2, 0) is 0 Å². The second-order valence-electron chi connectivity index (χ2n) is 6.82. The largest absolute Gasteiger partial charge is 0.356 e. The second kappa shape index (κ2) is 7.34. The van der Waals surface area contributed by atoms with Gasteiger partial charge in [0.25, 0.3) is 5.91 Å². The predicted octanol–water partition coefficient (Wildman–Crippen LogP) is 4.53. The third kappa shape index (κ3) is 3.63. The summed E-state index contributed by atoms with van der Waals surface area (Å²) in [5.74, 6) is 0.300. The van der Waals surface area contributed by atoms with Crippen molar-refractivity contribution in [3.05, 3.63) is 59.4 Å². The summed E-state index contributed by atoms with van der Waals surface area (Å²) in [6.07, 6.45) is 3.79. The van der Waals surface area contributed by atoms with Gasteiger partial charge in [-0.1, -0.05) is 23.2 Å². The maximum Gasteiger partial charge on any atom is 0.293 e. The van der Waals surface area contributed by atoms with E-state index in [4.69, 9.17) is 9.05 Å². The van der Waals surface area contributed by atoms with E-state index in [1.807, 2.05) is 6.07 Å². The highest BCUT2D eigenvalue weighted by Gasteiger charge is 2.31. The summed E-state index contributed by atoms with van der Waals surface area (Å²) in [7, 11) is 0. The van der Waals surface area contributed by atoms with Crippen LogP contribution in [-0.4, -0.2) is 27.7 Å². The van der Waals surface area contributed by atoms with Gasteiger partial charge in [-0.05, 0) is 44.0 Å². The molecule has 0 unspecified atom stereocenters. The monoisotopic (exact) mass is 369 g/mol. The zero-order valence-corrected chi connectivity index (χ0v) is 15.0. The summed E-state index contributed by atoms with van der Waals surface area (Å²) >= 11 is 0. The molecule has 1 aliphatic heterocycles. The van der Waals surface area contributed by atoms with E-state index in [9.17, 15) is 9.18 Å². The minimum absolute atomic E-state index is 0.186. The fraction of sp³-hybridized carbons (Fsp3) is 0.350. The van der Waals surface area contributed by atoms with Crippen LogP contribution >= 0.6 is 0 Å². The first kappa shape index (κ1) is 17.5. The number of halogens is 1. The van der Waals surface area contributed by atoms with Gasteiger partial charge in [0.1, 0.15) is 11.5 Å². The lowest BCUT2D eigenvalue weighted by Crippen LogP contribution is -2.34. The molecule has 1 atom stereocenters. The SMILES string of the molecule is Cc1cc(C(=O)N2CCCCC[C@@H]2c2cc(-c3ccc(F)cc3)on2)on1. The zero-order chi connectivity index (χ0) is 18.8. The van der Waals surface area contributed by atoms with Crippen molar-refractivity contribution in [1.29, 1.82) is 0 Å². The Morgan fingerprint density at radius 2 is 1.93 bits per heavy atom. The van der Waals surface area contributed by atoms with Gasteiger partial charge < -0.3 is 13.9 Å². The van der Waals surface area contributed by atoms with Crippen molar-refractivity contribution in [2.24, 2.45) is 0 Å². The van der Waals surface area contributed by atoms with Crippen LogP contribution in [0.25, 0.3) is 11.3 Å². The first-order chi connectivity index (χ1) is 13.1. The Hall–Kier alpha value is -2.96. The van der Waals surface area contributed by atoms with Crippen molar-refractivity contribution < 1.29 is 18.2 Å². The molecule has 4 rings (SSSR count). The number of carbonyl (C=O) groups excluding carboxylic acids is 1. The van der Waals surface area contributed by atoms with Gasteiger partial charge in [-0.15, -0.1) is 0 Å². The van der Waals surface area contributed by atoms with E-state index in [1.165, 1.54) is 12.1 Å². The van der Waals surface area contributed by atoms with Crippen LogP contribution < -0.4 is 0 Å².